The molecule has 102 valence electrons. The zero-order valence-corrected chi connectivity index (χ0v) is 11.9. The molecule has 0 spiro atoms. The van der Waals surface area contributed by atoms with Crippen LogP contribution in [0.1, 0.15) is 43.6 Å². The van der Waals surface area contributed by atoms with Gasteiger partial charge in [0.15, 0.2) is 5.82 Å². The summed E-state index contributed by atoms with van der Waals surface area (Å²) in [6, 6.07) is 7.41. The average Bonchev–Trinajstić information content (AvgIpc) is 2.80. The van der Waals surface area contributed by atoms with Crippen LogP contribution in [-0.2, 0) is 6.42 Å². The van der Waals surface area contributed by atoms with E-state index in [2.05, 4.69) is 24.0 Å². The number of hydrogen-bond acceptors (Lipinski definition) is 4. The molecule has 0 fully saturated rings. The Bertz CT molecular complexity index is 522. The number of nitrogens with two attached hydrogens (primary N) is 1. The van der Waals surface area contributed by atoms with E-state index >= 15 is 0 Å². The maximum atomic E-state index is 6.01. The Morgan fingerprint density at radius 1 is 1.26 bits per heavy atom. The molecule has 0 amide bonds. The summed E-state index contributed by atoms with van der Waals surface area (Å²) >= 11 is 5.84. The Morgan fingerprint density at radius 3 is 2.58 bits per heavy atom. The molecule has 1 heterocycles. The van der Waals surface area contributed by atoms with Crippen molar-refractivity contribution in [2.75, 3.05) is 0 Å². The first-order valence-corrected chi connectivity index (χ1v) is 6.75. The van der Waals surface area contributed by atoms with Crippen LogP contribution in [0.15, 0.2) is 28.8 Å². The zero-order chi connectivity index (χ0) is 13.8. The quantitative estimate of drug-likeness (QED) is 0.911. The van der Waals surface area contributed by atoms with Crippen LogP contribution < -0.4 is 5.73 Å². The average molecular weight is 280 g/mol. The minimum absolute atomic E-state index is 0.188. The molecule has 0 aliphatic heterocycles. The van der Waals surface area contributed by atoms with Crippen LogP contribution in [0.25, 0.3) is 0 Å². The molecule has 4 nitrogen and oxygen atoms in total. The molecule has 2 rings (SSSR count). The van der Waals surface area contributed by atoms with Gasteiger partial charge in [-0.05, 0) is 30.0 Å². The topological polar surface area (TPSA) is 64.9 Å². The van der Waals surface area contributed by atoms with Gasteiger partial charge in [-0.25, -0.2) is 0 Å². The highest BCUT2D eigenvalue weighted by atomic mass is 35.5. The van der Waals surface area contributed by atoms with Crippen LogP contribution in [-0.4, -0.2) is 10.1 Å². The molecule has 0 aliphatic carbocycles. The van der Waals surface area contributed by atoms with Crippen molar-refractivity contribution < 1.29 is 4.52 Å². The fraction of sp³-hybridized carbons (Fsp3) is 0.429. The second kappa shape index (κ2) is 6.17. The van der Waals surface area contributed by atoms with Gasteiger partial charge in [-0.1, -0.05) is 42.7 Å². The lowest BCUT2D eigenvalue weighted by atomic mass is 10.0. The molecule has 5 heteroatoms. The van der Waals surface area contributed by atoms with E-state index in [4.69, 9.17) is 21.9 Å². The Labute approximate surface area is 118 Å². The van der Waals surface area contributed by atoms with Crippen molar-refractivity contribution in [2.45, 2.75) is 32.7 Å². The molecular formula is C14H18ClN3O. The van der Waals surface area contributed by atoms with Gasteiger partial charge in [0.1, 0.15) is 0 Å². The Morgan fingerprint density at radius 2 is 1.95 bits per heavy atom. The third kappa shape index (κ3) is 4.04. The van der Waals surface area contributed by atoms with Crippen LogP contribution in [0.5, 0.6) is 0 Å². The lowest BCUT2D eigenvalue weighted by Crippen LogP contribution is -2.13. The van der Waals surface area contributed by atoms with Crippen LogP contribution in [0.2, 0.25) is 5.02 Å². The van der Waals surface area contributed by atoms with E-state index in [1.54, 1.807) is 0 Å². The number of aromatic nitrogens is 2. The fourth-order valence-corrected chi connectivity index (χ4v) is 2.01. The standard InChI is InChI=1S/C14H18ClN3O/c1-9(2)7-12(16)14-17-13(18-19-14)8-10-3-5-11(15)6-4-10/h3-6,9,12H,7-8,16H2,1-2H3/t12-/m0/s1. The highest BCUT2D eigenvalue weighted by Crippen LogP contribution is 2.18. The van der Waals surface area contributed by atoms with Crippen molar-refractivity contribution >= 4 is 11.6 Å². The summed E-state index contributed by atoms with van der Waals surface area (Å²) in [5.74, 6) is 1.66. The van der Waals surface area contributed by atoms with E-state index in [0.717, 1.165) is 17.0 Å². The molecule has 0 unspecified atom stereocenters. The summed E-state index contributed by atoms with van der Waals surface area (Å²) in [5.41, 5.74) is 7.10. The zero-order valence-electron chi connectivity index (χ0n) is 11.1. The molecule has 0 bridgehead atoms. The van der Waals surface area contributed by atoms with E-state index in [9.17, 15) is 0 Å². The predicted octanol–water partition coefficient (Wildman–Crippen LogP) is 3.36. The van der Waals surface area contributed by atoms with Crippen molar-refractivity contribution in [1.29, 1.82) is 0 Å². The summed E-state index contributed by atoms with van der Waals surface area (Å²) in [7, 11) is 0. The minimum atomic E-state index is -0.188. The first kappa shape index (κ1) is 14.0. The molecule has 19 heavy (non-hydrogen) atoms. The van der Waals surface area contributed by atoms with E-state index in [1.807, 2.05) is 24.3 Å². The fourth-order valence-electron chi connectivity index (χ4n) is 1.88. The van der Waals surface area contributed by atoms with Crippen molar-refractivity contribution in [3.05, 3.63) is 46.6 Å². The molecule has 0 aliphatic rings. The van der Waals surface area contributed by atoms with Gasteiger partial charge < -0.3 is 10.3 Å². The highest BCUT2D eigenvalue weighted by molar-refractivity contribution is 6.30. The molecule has 0 radical (unpaired) electrons. The molecule has 1 aromatic heterocycles. The number of hydrogen-bond donors (Lipinski definition) is 1. The van der Waals surface area contributed by atoms with Gasteiger partial charge in [0.05, 0.1) is 6.04 Å². The first-order valence-electron chi connectivity index (χ1n) is 6.37. The maximum Gasteiger partial charge on any atom is 0.243 e. The Kier molecular flexibility index (Phi) is 4.56. The van der Waals surface area contributed by atoms with Crippen molar-refractivity contribution in [1.82, 2.24) is 10.1 Å². The number of halogens is 1. The number of rotatable bonds is 5. The van der Waals surface area contributed by atoms with Crippen LogP contribution >= 0.6 is 11.6 Å². The van der Waals surface area contributed by atoms with Crippen molar-refractivity contribution in [2.24, 2.45) is 11.7 Å². The molecule has 2 aromatic rings. The summed E-state index contributed by atoms with van der Waals surface area (Å²) in [6.07, 6.45) is 1.46. The summed E-state index contributed by atoms with van der Waals surface area (Å²) in [5, 5.41) is 4.68. The Hall–Kier alpha value is -1.39. The van der Waals surface area contributed by atoms with Gasteiger partial charge in [-0.15, -0.1) is 0 Å². The Balaban J connectivity index is 2.02. The summed E-state index contributed by atoms with van der Waals surface area (Å²) in [6.45, 7) is 4.23. The van der Waals surface area contributed by atoms with Gasteiger partial charge in [0.25, 0.3) is 0 Å². The predicted molar refractivity (Wildman–Crippen MR) is 74.9 cm³/mol. The normalized spacial score (nSPS) is 12.9. The van der Waals surface area contributed by atoms with Crippen LogP contribution in [0.4, 0.5) is 0 Å². The molecule has 0 saturated carbocycles. The van der Waals surface area contributed by atoms with Crippen molar-refractivity contribution in [3.8, 4) is 0 Å². The summed E-state index contributed by atoms with van der Waals surface area (Å²) < 4.78 is 5.21. The van der Waals surface area contributed by atoms with Crippen LogP contribution in [0, 0.1) is 5.92 Å². The largest absolute Gasteiger partial charge is 0.338 e. The second-order valence-electron chi connectivity index (χ2n) is 5.09. The molecule has 1 aromatic carbocycles. The second-order valence-corrected chi connectivity index (χ2v) is 5.52. The van der Waals surface area contributed by atoms with Gasteiger partial charge in [0.2, 0.25) is 5.89 Å². The lowest BCUT2D eigenvalue weighted by molar-refractivity contribution is 0.333. The number of benzene rings is 1. The minimum Gasteiger partial charge on any atom is -0.338 e. The smallest absolute Gasteiger partial charge is 0.243 e. The molecule has 0 saturated heterocycles. The van der Waals surface area contributed by atoms with Gasteiger partial charge in [-0.3, -0.25) is 0 Å². The van der Waals surface area contributed by atoms with E-state index < -0.39 is 0 Å². The van der Waals surface area contributed by atoms with E-state index in [-0.39, 0.29) is 6.04 Å². The molecular weight excluding hydrogens is 262 g/mol. The maximum absolute atomic E-state index is 6.01. The summed E-state index contributed by atoms with van der Waals surface area (Å²) in [4.78, 5) is 4.35. The van der Waals surface area contributed by atoms with Crippen LogP contribution in [0.3, 0.4) is 0 Å². The first-order chi connectivity index (χ1) is 9.04. The van der Waals surface area contributed by atoms with Gasteiger partial charge in [-0.2, -0.15) is 4.98 Å². The molecule has 2 N–H and O–H groups in total. The monoisotopic (exact) mass is 279 g/mol. The van der Waals surface area contributed by atoms with Gasteiger partial charge in [0, 0.05) is 11.4 Å². The third-order valence-electron chi connectivity index (χ3n) is 2.80. The highest BCUT2D eigenvalue weighted by Gasteiger charge is 2.16. The van der Waals surface area contributed by atoms with E-state index in [0.29, 0.717) is 24.1 Å². The van der Waals surface area contributed by atoms with Gasteiger partial charge >= 0.3 is 0 Å². The third-order valence-corrected chi connectivity index (χ3v) is 3.05. The van der Waals surface area contributed by atoms with Crippen molar-refractivity contribution in [3.63, 3.8) is 0 Å². The SMILES string of the molecule is CC(C)C[C@H](N)c1nc(Cc2ccc(Cl)cc2)no1. The lowest BCUT2D eigenvalue weighted by Gasteiger charge is -2.08. The molecule has 1 atom stereocenters. The van der Waals surface area contributed by atoms with E-state index in [1.165, 1.54) is 0 Å². The number of nitrogens with zero attached hydrogens (tertiary/aromatic N) is 2.